The summed E-state index contributed by atoms with van der Waals surface area (Å²) >= 11 is 0. The molecule has 2 atom stereocenters. The van der Waals surface area contributed by atoms with E-state index in [1.165, 1.54) is 0 Å². The zero-order chi connectivity index (χ0) is 13.9. The van der Waals surface area contributed by atoms with Gasteiger partial charge in [-0.1, -0.05) is 42.4 Å². The molecule has 102 valence electrons. The number of hydrogen-bond acceptors (Lipinski definition) is 5. The third-order valence-electron chi connectivity index (χ3n) is 3.33. The summed E-state index contributed by atoms with van der Waals surface area (Å²) in [6, 6.07) is 11.5. The van der Waals surface area contributed by atoms with Crippen molar-refractivity contribution in [1.29, 1.82) is 0 Å². The van der Waals surface area contributed by atoms with Crippen molar-refractivity contribution in [1.82, 2.24) is 10.1 Å². The van der Waals surface area contributed by atoms with Crippen LogP contribution in [0.25, 0.3) is 11.4 Å². The third-order valence-corrected chi connectivity index (χ3v) is 3.33. The van der Waals surface area contributed by atoms with Gasteiger partial charge in [0.05, 0.1) is 17.7 Å². The molecule has 0 amide bonds. The van der Waals surface area contributed by atoms with Crippen molar-refractivity contribution in [2.45, 2.75) is 18.9 Å². The molecule has 0 spiro atoms. The number of rotatable bonds is 4. The molecule has 0 bridgehead atoms. The van der Waals surface area contributed by atoms with Crippen LogP contribution in [0.4, 0.5) is 0 Å². The van der Waals surface area contributed by atoms with Gasteiger partial charge in [-0.15, -0.1) is 0 Å². The van der Waals surface area contributed by atoms with Gasteiger partial charge >= 0.3 is 0 Å². The minimum atomic E-state index is -0.186. The maximum atomic E-state index is 6.25. The second-order valence-electron chi connectivity index (χ2n) is 4.69. The Morgan fingerprint density at radius 2 is 1.95 bits per heavy atom. The van der Waals surface area contributed by atoms with E-state index in [2.05, 4.69) is 10.1 Å². The summed E-state index contributed by atoms with van der Waals surface area (Å²) in [6.07, 6.45) is 3.15. The minimum Gasteiger partial charge on any atom is -0.472 e. The highest BCUT2D eigenvalue weighted by Gasteiger charge is 2.23. The lowest BCUT2D eigenvalue weighted by Crippen LogP contribution is -2.17. The van der Waals surface area contributed by atoms with Crippen LogP contribution in [0.2, 0.25) is 0 Å². The van der Waals surface area contributed by atoms with E-state index >= 15 is 0 Å². The summed E-state index contributed by atoms with van der Waals surface area (Å²) in [5, 5.41) is 3.95. The van der Waals surface area contributed by atoms with Crippen LogP contribution >= 0.6 is 0 Å². The summed E-state index contributed by atoms with van der Waals surface area (Å²) < 4.78 is 10.3. The predicted octanol–water partition coefficient (Wildman–Crippen LogP) is 3.13. The molecule has 3 rings (SSSR count). The van der Waals surface area contributed by atoms with Crippen molar-refractivity contribution in [2.24, 2.45) is 5.73 Å². The van der Waals surface area contributed by atoms with E-state index < -0.39 is 0 Å². The molecule has 0 saturated carbocycles. The summed E-state index contributed by atoms with van der Waals surface area (Å²) in [6.45, 7) is 1.98. The largest absolute Gasteiger partial charge is 0.472 e. The van der Waals surface area contributed by atoms with Crippen molar-refractivity contribution in [3.8, 4) is 11.4 Å². The molecule has 3 aromatic rings. The van der Waals surface area contributed by atoms with Crippen molar-refractivity contribution >= 4 is 0 Å². The van der Waals surface area contributed by atoms with Crippen molar-refractivity contribution in [3.63, 3.8) is 0 Å². The summed E-state index contributed by atoms with van der Waals surface area (Å²) in [5.41, 5.74) is 8.09. The maximum absolute atomic E-state index is 6.25. The van der Waals surface area contributed by atoms with Gasteiger partial charge in [0, 0.05) is 6.04 Å². The smallest absolute Gasteiger partial charge is 0.231 e. The van der Waals surface area contributed by atoms with Gasteiger partial charge in [0.25, 0.3) is 0 Å². The van der Waals surface area contributed by atoms with Crippen LogP contribution in [0.3, 0.4) is 0 Å². The molecule has 5 nitrogen and oxygen atoms in total. The molecule has 2 aromatic heterocycles. The molecule has 0 fully saturated rings. The molecule has 0 radical (unpaired) electrons. The number of aromatic nitrogens is 2. The van der Waals surface area contributed by atoms with Crippen molar-refractivity contribution in [2.75, 3.05) is 0 Å². The highest BCUT2D eigenvalue weighted by atomic mass is 16.5. The first kappa shape index (κ1) is 12.6. The monoisotopic (exact) mass is 269 g/mol. The molecule has 2 N–H and O–H groups in total. The van der Waals surface area contributed by atoms with Gasteiger partial charge in [-0.2, -0.15) is 4.98 Å². The number of hydrogen-bond donors (Lipinski definition) is 1. The fourth-order valence-corrected chi connectivity index (χ4v) is 2.05. The molecule has 2 heterocycles. The van der Waals surface area contributed by atoms with Gasteiger partial charge in [-0.05, 0) is 11.6 Å². The Bertz CT molecular complexity index is 662. The zero-order valence-electron chi connectivity index (χ0n) is 11.1. The van der Waals surface area contributed by atoms with E-state index in [1.807, 2.05) is 37.3 Å². The number of furan rings is 1. The number of nitrogens with two attached hydrogens (primary N) is 1. The van der Waals surface area contributed by atoms with Gasteiger partial charge in [0.1, 0.15) is 6.26 Å². The van der Waals surface area contributed by atoms with Crippen LogP contribution in [0.15, 0.2) is 57.9 Å². The molecule has 0 aliphatic heterocycles. The van der Waals surface area contributed by atoms with E-state index in [0.717, 1.165) is 11.1 Å². The van der Waals surface area contributed by atoms with Gasteiger partial charge < -0.3 is 14.7 Å². The van der Waals surface area contributed by atoms with Crippen molar-refractivity contribution < 1.29 is 8.94 Å². The minimum absolute atomic E-state index is 0.0643. The van der Waals surface area contributed by atoms with Crippen molar-refractivity contribution in [3.05, 3.63) is 60.4 Å². The third kappa shape index (κ3) is 2.35. The van der Waals surface area contributed by atoms with Gasteiger partial charge in [0.15, 0.2) is 0 Å². The Kier molecular flexibility index (Phi) is 3.35. The lowest BCUT2D eigenvalue weighted by atomic mass is 9.95. The fraction of sp³-hybridized carbons (Fsp3) is 0.200. The summed E-state index contributed by atoms with van der Waals surface area (Å²) in [5.74, 6) is 0.976. The molecular weight excluding hydrogens is 254 g/mol. The van der Waals surface area contributed by atoms with E-state index in [1.54, 1.807) is 18.6 Å². The normalized spacial score (nSPS) is 14.1. The molecular formula is C15H15N3O2. The molecule has 0 aliphatic rings. The second-order valence-corrected chi connectivity index (χ2v) is 4.69. The Morgan fingerprint density at radius 1 is 1.15 bits per heavy atom. The Balaban J connectivity index is 1.82. The van der Waals surface area contributed by atoms with Crippen LogP contribution in [-0.4, -0.2) is 10.1 Å². The first-order valence-corrected chi connectivity index (χ1v) is 6.42. The van der Waals surface area contributed by atoms with Crippen LogP contribution < -0.4 is 5.73 Å². The average molecular weight is 269 g/mol. The van der Waals surface area contributed by atoms with Gasteiger partial charge in [0.2, 0.25) is 11.7 Å². The average Bonchev–Trinajstić information content (AvgIpc) is 3.17. The van der Waals surface area contributed by atoms with E-state index in [9.17, 15) is 0 Å². The Hall–Kier alpha value is -2.40. The van der Waals surface area contributed by atoms with Crippen LogP contribution in [-0.2, 0) is 0 Å². The first-order chi connectivity index (χ1) is 9.75. The van der Waals surface area contributed by atoms with Gasteiger partial charge in [-0.25, -0.2) is 0 Å². The first-order valence-electron chi connectivity index (χ1n) is 6.42. The topological polar surface area (TPSA) is 78.1 Å². The molecule has 20 heavy (non-hydrogen) atoms. The second kappa shape index (κ2) is 5.30. The maximum Gasteiger partial charge on any atom is 0.231 e. The highest BCUT2D eigenvalue weighted by molar-refractivity contribution is 5.51. The van der Waals surface area contributed by atoms with Crippen LogP contribution in [0.5, 0.6) is 0 Å². The Morgan fingerprint density at radius 3 is 2.65 bits per heavy atom. The molecule has 1 aromatic carbocycles. The number of benzene rings is 1. The van der Waals surface area contributed by atoms with E-state index in [4.69, 9.17) is 14.7 Å². The van der Waals surface area contributed by atoms with E-state index in [0.29, 0.717) is 11.7 Å². The van der Waals surface area contributed by atoms with Crippen LogP contribution in [0, 0.1) is 0 Å². The molecule has 5 heteroatoms. The lowest BCUT2D eigenvalue weighted by Gasteiger charge is -2.16. The molecule has 2 unspecified atom stereocenters. The standard InChI is InChI=1S/C15H15N3O2/c1-10(13(16)11-5-3-2-4-6-11)15-17-14(18-20-15)12-7-8-19-9-12/h2-10,13H,16H2,1H3. The fourth-order valence-electron chi connectivity index (χ4n) is 2.05. The number of nitrogens with zero attached hydrogens (tertiary/aromatic N) is 2. The summed E-state index contributed by atoms with van der Waals surface area (Å²) in [7, 11) is 0. The zero-order valence-corrected chi connectivity index (χ0v) is 11.1. The molecule has 0 saturated heterocycles. The molecule has 0 aliphatic carbocycles. The highest BCUT2D eigenvalue weighted by Crippen LogP contribution is 2.28. The predicted molar refractivity (Wildman–Crippen MR) is 73.8 cm³/mol. The Labute approximate surface area is 116 Å². The summed E-state index contributed by atoms with van der Waals surface area (Å²) in [4.78, 5) is 4.38. The quantitative estimate of drug-likeness (QED) is 0.787. The van der Waals surface area contributed by atoms with Crippen LogP contribution in [0.1, 0.15) is 30.3 Å². The lowest BCUT2D eigenvalue weighted by molar-refractivity contribution is 0.344. The SMILES string of the molecule is CC(c1nc(-c2ccoc2)no1)C(N)c1ccccc1. The van der Waals surface area contributed by atoms with Gasteiger partial charge in [-0.3, -0.25) is 0 Å². The van der Waals surface area contributed by atoms with E-state index in [-0.39, 0.29) is 12.0 Å².